The molecule has 0 radical (unpaired) electrons. The molecule has 118 valence electrons. The second kappa shape index (κ2) is 6.25. The molecule has 1 aromatic rings. The zero-order valence-electron chi connectivity index (χ0n) is 11.9. The van der Waals surface area contributed by atoms with Crippen molar-refractivity contribution in [2.75, 3.05) is 39.4 Å². The molecular formula is C13H19BrN2O3S2. The molecule has 0 aliphatic carbocycles. The van der Waals surface area contributed by atoms with Crippen LogP contribution in [-0.4, -0.2) is 63.1 Å². The van der Waals surface area contributed by atoms with Crippen LogP contribution in [0.15, 0.2) is 14.7 Å². The molecule has 0 bridgehead atoms. The van der Waals surface area contributed by atoms with Crippen molar-refractivity contribution in [3.05, 3.63) is 14.7 Å². The smallest absolute Gasteiger partial charge is 0.244 e. The number of nitrogens with zero attached hydrogens (tertiary/aromatic N) is 2. The first-order valence-electron chi connectivity index (χ1n) is 7.06. The van der Waals surface area contributed by atoms with Gasteiger partial charge in [0.05, 0.1) is 21.9 Å². The van der Waals surface area contributed by atoms with Gasteiger partial charge in [-0.05, 0) is 35.3 Å². The molecule has 2 saturated heterocycles. The van der Waals surface area contributed by atoms with E-state index in [0.717, 1.165) is 41.4 Å². The fourth-order valence-electron chi connectivity index (χ4n) is 3.00. The first kappa shape index (κ1) is 15.9. The van der Waals surface area contributed by atoms with Gasteiger partial charge in [0.15, 0.2) is 0 Å². The number of hydrogen-bond acceptors (Lipinski definition) is 5. The summed E-state index contributed by atoms with van der Waals surface area (Å²) in [6.07, 6.45) is 0.906. The summed E-state index contributed by atoms with van der Waals surface area (Å²) < 4.78 is 33.4. The molecule has 3 rings (SSSR count). The van der Waals surface area contributed by atoms with Gasteiger partial charge >= 0.3 is 0 Å². The van der Waals surface area contributed by atoms with Crippen LogP contribution in [0.1, 0.15) is 11.3 Å². The molecule has 0 saturated carbocycles. The summed E-state index contributed by atoms with van der Waals surface area (Å²) >= 11 is 4.84. The first-order chi connectivity index (χ1) is 9.98. The Labute approximate surface area is 138 Å². The lowest BCUT2D eigenvalue weighted by atomic mass is 10.2. The standard InChI is InChI=1S/C13H19BrN2O3S2/c1-10-12(8-13(14)20-10)21(17,18)16-3-2-11(9-16)15-4-6-19-7-5-15/h8,11H,2-7,9H2,1H3. The van der Waals surface area contributed by atoms with Crippen molar-refractivity contribution in [2.45, 2.75) is 24.3 Å². The van der Waals surface area contributed by atoms with Crippen molar-refractivity contribution >= 4 is 37.3 Å². The zero-order chi connectivity index (χ0) is 15.0. The van der Waals surface area contributed by atoms with Crippen molar-refractivity contribution in [3.8, 4) is 0 Å². The maximum Gasteiger partial charge on any atom is 0.244 e. The van der Waals surface area contributed by atoms with Crippen LogP contribution >= 0.6 is 27.3 Å². The van der Waals surface area contributed by atoms with Crippen LogP contribution in [0.25, 0.3) is 0 Å². The lowest BCUT2D eigenvalue weighted by molar-refractivity contribution is 0.0197. The Bertz CT molecular complexity index is 611. The molecule has 0 aromatic carbocycles. The predicted molar refractivity (Wildman–Crippen MR) is 86.3 cm³/mol. The van der Waals surface area contributed by atoms with Gasteiger partial charge in [-0.1, -0.05) is 0 Å². The van der Waals surface area contributed by atoms with E-state index in [1.165, 1.54) is 11.3 Å². The summed E-state index contributed by atoms with van der Waals surface area (Å²) in [4.78, 5) is 3.65. The molecule has 0 spiro atoms. The van der Waals surface area contributed by atoms with Crippen LogP contribution in [0.5, 0.6) is 0 Å². The fraction of sp³-hybridized carbons (Fsp3) is 0.692. The summed E-state index contributed by atoms with van der Waals surface area (Å²) in [7, 11) is -3.36. The Morgan fingerprint density at radius 3 is 2.67 bits per heavy atom. The maximum absolute atomic E-state index is 12.8. The Morgan fingerprint density at radius 1 is 1.33 bits per heavy atom. The fourth-order valence-corrected chi connectivity index (χ4v) is 6.87. The third-order valence-electron chi connectivity index (χ3n) is 4.15. The molecule has 2 fully saturated rings. The normalized spacial score (nSPS) is 25.5. The highest BCUT2D eigenvalue weighted by atomic mass is 79.9. The molecular weight excluding hydrogens is 376 g/mol. The predicted octanol–water partition coefficient (Wildman–Crippen LogP) is 1.91. The molecule has 2 aliphatic rings. The number of halogens is 1. The van der Waals surface area contributed by atoms with Gasteiger partial charge in [0, 0.05) is 37.1 Å². The molecule has 2 aliphatic heterocycles. The molecule has 1 unspecified atom stereocenters. The third-order valence-corrected chi connectivity index (χ3v) is 7.82. The van der Waals surface area contributed by atoms with E-state index < -0.39 is 10.0 Å². The van der Waals surface area contributed by atoms with E-state index in [1.54, 1.807) is 10.4 Å². The summed E-state index contributed by atoms with van der Waals surface area (Å²) in [6, 6.07) is 2.04. The van der Waals surface area contributed by atoms with Crippen molar-refractivity contribution < 1.29 is 13.2 Å². The van der Waals surface area contributed by atoms with Crippen LogP contribution in [-0.2, 0) is 14.8 Å². The summed E-state index contributed by atoms with van der Waals surface area (Å²) in [5, 5.41) is 0. The second-order valence-electron chi connectivity index (χ2n) is 5.42. The SMILES string of the molecule is Cc1sc(Br)cc1S(=O)(=O)N1CCC(N2CCOCC2)C1. The van der Waals surface area contributed by atoms with E-state index in [1.807, 2.05) is 6.92 Å². The van der Waals surface area contributed by atoms with E-state index in [0.29, 0.717) is 24.0 Å². The van der Waals surface area contributed by atoms with Crippen molar-refractivity contribution in [2.24, 2.45) is 0 Å². The molecule has 3 heterocycles. The molecule has 1 aromatic heterocycles. The van der Waals surface area contributed by atoms with Crippen molar-refractivity contribution in [3.63, 3.8) is 0 Å². The van der Waals surface area contributed by atoms with Crippen LogP contribution in [0.3, 0.4) is 0 Å². The third kappa shape index (κ3) is 3.20. The quantitative estimate of drug-likeness (QED) is 0.785. The number of morpholine rings is 1. The molecule has 1 atom stereocenters. The number of aryl methyl sites for hydroxylation is 1. The topological polar surface area (TPSA) is 49.9 Å². The van der Waals surface area contributed by atoms with Gasteiger partial charge in [-0.25, -0.2) is 8.42 Å². The molecule has 21 heavy (non-hydrogen) atoms. The number of thiophene rings is 1. The van der Waals surface area contributed by atoms with Crippen molar-refractivity contribution in [1.29, 1.82) is 0 Å². The van der Waals surface area contributed by atoms with E-state index in [4.69, 9.17) is 4.74 Å². The van der Waals surface area contributed by atoms with E-state index in [9.17, 15) is 8.42 Å². The monoisotopic (exact) mass is 394 g/mol. The van der Waals surface area contributed by atoms with Gasteiger partial charge in [-0.15, -0.1) is 11.3 Å². The highest BCUT2D eigenvalue weighted by Gasteiger charge is 2.36. The average Bonchev–Trinajstić information content (AvgIpc) is 3.07. The van der Waals surface area contributed by atoms with Gasteiger partial charge in [-0.2, -0.15) is 4.31 Å². The van der Waals surface area contributed by atoms with Crippen LogP contribution < -0.4 is 0 Å². The Hall–Kier alpha value is 0.01000. The lowest BCUT2D eigenvalue weighted by Crippen LogP contribution is -2.45. The minimum absolute atomic E-state index is 0.325. The Kier molecular flexibility index (Phi) is 4.73. The highest BCUT2D eigenvalue weighted by Crippen LogP contribution is 2.33. The molecule has 0 amide bonds. The van der Waals surface area contributed by atoms with Gasteiger partial charge in [0.1, 0.15) is 0 Å². The maximum atomic E-state index is 12.8. The van der Waals surface area contributed by atoms with E-state index in [2.05, 4.69) is 20.8 Å². The van der Waals surface area contributed by atoms with Crippen LogP contribution in [0.2, 0.25) is 0 Å². The summed E-state index contributed by atoms with van der Waals surface area (Å²) in [5.41, 5.74) is 0. The van der Waals surface area contributed by atoms with Crippen LogP contribution in [0, 0.1) is 6.92 Å². The minimum Gasteiger partial charge on any atom is -0.379 e. The minimum atomic E-state index is -3.36. The summed E-state index contributed by atoms with van der Waals surface area (Å²) in [6.45, 7) is 6.37. The number of rotatable bonds is 3. The van der Waals surface area contributed by atoms with Gasteiger partial charge in [-0.3, -0.25) is 4.90 Å². The second-order valence-corrected chi connectivity index (χ2v) is 9.97. The number of hydrogen-bond donors (Lipinski definition) is 0. The summed E-state index contributed by atoms with van der Waals surface area (Å²) in [5.74, 6) is 0. The van der Waals surface area contributed by atoms with E-state index >= 15 is 0 Å². The Morgan fingerprint density at radius 2 is 2.05 bits per heavy atom. The Balaban J connectivity index is 1.74. The van der Waals surface area contributed by atoms with Gasteiger partial charge < -0.3 is 4.74 Å². The zero-order valence-corrected chi connectivity index (χ0v) is 15.1. The number of sulfonamides is 1. The molecule has 8 heteroatoms. The van der Waals surface area contributed by atoms with Gasteiger partial charge in [0.25, 0.3) is 0 Å². The molecule has 0 N–H and O–H groups in total. The average molecular weight is 395 g/mol. The first-order valence-corrected chi connectivity index (χ1v) is 10.1. The largest absolute Gasteiger partial charge is 0.379 e. The van der Waals surface area contributed by atoms with Crippen LogP contribution in [0.4, 0.5) is 0 Å². The lowest BCUT2D eigenvalue weighted by Gasteiger charge is -2.32. The highest BCUT2D eigenvalue weighted by molar-refractivity contribution is 9.11. The molecule has 5 nitrogen and oxygen atoms in total. The number of ether oxygens (including phenoxy) is 1. The van der Waals surface area contributed by atoms with Gasteiger partial charge in [0.2, 0.25) is 10.0 Å². The van der Waals surface area contributed by atoms with E-state index in [-0.39, 0.29) is 0 Å². The van der Waals surface area contributed by atoms with Crippen molar-refractivity contribution in [1.82, 2.24) is 9.21 Å².